The standard InChI is InChI=1S/C23H29NO6S/c1-16-6-13-20(14-7-16)31(26,27)24-22(18-9-11-19(28-3)12-10-18)17(2)8-15-21(29-4)23(25)30-5/h6-15,17,21-22,24H,1-5H3/t17-,21-,22+/m0/s1. The lowest BCUT2D eigenvalue weighted by atomic mass is 9.94. The van der Waals surface area contributed by atoms with Gasteiger partial charge < -0.3 is 14.2 Å². The predicted octanol–water partition coefficient (Wildman–Crippen LogP) is 3.40. The molecule has 0 aliphatic heterocycles. The molecule has 31 heavy (non-hydrogen) atoms. The highest BCUT2D eigenvalue weighted by atomic mass is 32.2. The van der Waals surface area contributed by atoms with Crippen LogP contribution in [0.4, 0.5) is 0 Å². The minimum atomic E-state index is -3.79. The summed E-state index contributed by atoms with van der Waals surface area (Å²) in [4.78, 5) is 12.0. The van der Waals surface area contributed by atoms with Crippen LogP contribution in [0.25, 0.3) is 0 Å². The molecule has 0 aliphatic rings. The second-order valence-electron chi connectivity index (χ2n) is 7.11. The van der Waals surface area contributed by atoms with Crippen molar-refractivity contribution in [2.45, 2.75) is 30.9 Å². The van der Waals surface area contributed by atoms with Crippen molar-refractivity contribution < 1.29 is 27.4 Å². The van der Waals surface area contributed by atoms with E-state index in [0.717, 1.165) is 11.1 Å². The Labute approximate surface area is 184 Å². The minimum absolute atomic E-state index is 0.178. The average Bonchev–Trinajstić information content (AvgIpc) is 2.77. The molecular weight excluding hydrogens is 418 g/mol. The van der Waals surface area contributed by atoms with Gasteiger partial charge >= 0.3 is 5.97 Å². The molecule has 2 rings (SSSR count). The number of benzene rings is 2. The lowest BCUT2D eigenvalue weighted by Gasteiger charge is -2.24. The number of methoxy groups -OCH3 is 3. The number of esters is 1. The molecule has 168 valence electrons. The van der Waals surface area contributed by atoms with Crippen LogP contribution in [0.15, 0.2) is 65.6 Å². The number of nitrogens with one attached hydrogen (secondary N) is 1. The highest BCUT2D eigenvalue weighted by Gasteiger charge is 2.26. The second kappa shape index (κ2) is 11.1. The average molecular weight is 448 g/mol. The van der Waals surface area contributed by atoms with E-state index in [2.05, 4.69) is 4.72 Å². The molecule has 0 amide bonds. The molecule has 3 atom stereocenters. The maximum Gasteiger partial charge on any atom is 0.339 e. The summed E-state index contributed by atoms with van der Waals surface area (Å²) in [6, 6.07) is 13.2. The van der Waals surface area contributed by atoms with Crippen LogP contribution < -0.4 is 9.46 Å². The van der Waals surface area contributed by atoms with Crippen molar-refractivity contribution in [3.63, 3.8) is 0 Å². The predicted molar refractivity (Wildman–Crippen MR) is 118 cm³/mol. The summed E-state index contributed by atoms with van der Waals surface area (Å²) in [7, 11) is 0.457. The zero-order valence-corrected chi connectivity index (χ0v) is 19.2. The van der Waals surface area contributed by atoms with E-state index in [4.69, 9.17) is 14.2 Å². The van der Waals surface area contributed by atoms with Crippen LogP contribution in [0.3, 0.4) is 0 Å². The van der Waals surface area contributed by atoms with Gasteiger partial charge in [0.15, 0.2) is 6.10 Å². The van der Waals surface area contributed by atoms with E-state index in [1.165, 1.54) is 14.2 Å². The fourth-order valence-electron chi connectivity index (χ4n) is 3.00. The molecule has 0 saturated carbocycles. The Hall–Kier alpha value is -2.68. The molecule has 0 radical (unpaired) electrons. The SMILES string of the molecule is COC(=O)[C@H](C=C[C@H](C)[C@@H](NS(=O)(=O)c1ccc(C)cc1)c1ccc(OC)cc1)OC. The molecule has 2 aromatic rings. The first-order chi connectivity index (χ1) is 14.7. The van der Waals surface area contributed by atoms with Crippen molar-refractivity contribution in [3.05, 3.63) is 71.8 Å². The van der Waals surface area contributed by atoms with E-state index in [9.17, 15) is 13.2 Å². The molecule has 1 N–H and O–H groups in total. The van der Waals surface area contributed by atoms with Gasteiger partial charge in [-0.05, 0) is 48.7 Å². The molecule has 7 nitrogen and oxygen atoms in total. The number of hydrogen-bond donors (Lipinski definition) is 1. The van der Waals surface area contributed by atoms with Gasteiger partial charge in [-0.1, -0.05) is 42.8 Å². The highest BCUT2D eigenvalue weighted by Crippen LogP contribution is 2.27. The zero-order chi connectivity index (χ0) is 23.0. The third-order valence-corrected chi connectivity index (χ3v) is 6.35. The van der Waals surface area contributed by atoms with Crippen molar-refractivity contribution in [3.8, 4) is 5.75 Å². The molecule has 0 heterocycles. The lowest BCUT2D eigenvalue weighted by Crippen LogP contribution is -2.32. The quantitative estimate of drug-likeness (QED) is 0.443. The van der Waals surface area contributed by atoms with E-state index in [-0.39, 0.29) is 10.8 Å². The Morgan fingerprint density at radius 2 is 1.58 bits per heavy atom. The molecule has 0 spiro atoms. The molecular formula is C23H29NO6S. The highest BCUT2D eigenvalue weighted by molar-refractivity contribution is 7.89. The van der Waals surface area contributed by atoms with Gasteiger partial charge in [-0.25, -0.2) is 17.9 Å². The summed E-state index contributed by atoms with van der Waals surface area (Å²) in [6.45, 7) is 3.75. The maximum absolute atomic E-state index is 13.0. The number of ether oxygens (including phenoxy) is 3. The Bertz CT molecular complexity index is 984. The van der Waals surface area contributed by atoms with Crippen molar-refractivity contribution in [2.24, 2.45) is 5.92 Å². The van der Waals surface area contributed by atoms with E-state index in [1.807, 2.05) is 13.8 Å². The van der Waals surface area contributed by atoms with E-state index in [0.29, 0.717) is 5.75 Å². The molecule has 0 fully saturated rings. The van der Waals surface area contributed by atoms with Crippen LogP contribution >= 0.6 is 0 Å². The normalized spacial score (nSPS) is 14.7. The number of aryl methyl sites for hydroxylation is 1. The maximum atomic E-state index is 13.0. The Balaban J connectivity index is 2.37. The Morgan fingerprint density at radius 1 is 0.968 bits per heavy atom. The number of rotatable bonds is 10. The van der Waals surface area contributed by atoms with Crippen molar-refractivity contribution >= 4 is 16.0 Å². The van der Waals surface area contributed by atoms with Gasteiger partial charge in [-0.3, -0.25) is 0 Å². The largest absolute Gasteiger partial charge is 0.497 e. The fraction of sp³-hybridized carbons (Fsp3) is 0.348. The summed E-state index contributed by atoms with van der Waals surface area (Å²) >= 11 is 0. The first-order valence-electron chi connectivity index (χ1n) is 9.73. The van der Waals surface area contributed by atoms with Gasteiger partial charge in [0.1, 0.15) is 5.75 Å². The van der Waals surface area contributed by atoms with Crippen LogP contribution in [-0.2, 0) is 24.3 Å². The van der Waals surface area contributed by atoms with Crippen LogP contribution in [0.2, 0.25) is 0 Å². The third kappa shape index (κ3) is 6.65. The lowest BCUT2D eigenvalue weighted by molar-refractivity contribution is -0.149. The zero-order valence-electron chi connectivity index (χ0n) is 18.4. The van der Waals surface area contributed by atoms with Crippen molar-refractivity contribution in [1.29, 1.82) is 0 Å². The topological polar surface area (TPSA) is 90.9 Å². The van der Waals surface area contributed by atoms with Gasteiger partial charge in [-0.2, -0.15) is 0 Å². The molecule has 0 unspecified atom stereocenters. The van der Waals surface area contributed by atoms with Crippen LogP contribution in [0.5, 0.6) is 5.75 Å². The monoisotopic (exact) mass is 447 g/mol. The van der Waals surface area contributed by atoms with E-state index in [1.54, 1.807) is 67.8 Å². The van der Waals surface area contributed by atoms with E-state index >= 15 is 0 Å². The second-order valence-corrected chi connectivity index (χ2v) is 8.82. The van der Waals surface area contributed by atoms with Gasteiger partial charge in [0.2, 0.25) is 10.0 Å². The molecule has 8 heteroatoms. The van der Waals surface area contributed by atoms with Crippen molar-refractivity contribution in [1.82, 2.24) is 4.72 Å². The van der Waals surface area contributed by atoms with Gasteiger partial charge in [0.05, 0.1) is 25.2 Å². The third-order valence-electron chi connectivity index (χ3n) is 4.89. The Kier molecular flexibility index (Phi) is 8.79. The first-order valence-corrected chi connectivity index (χ1v) is 11.2. The summed E-state index contributed by atoms with van der Waals surface area (Å²) in [6.07, 6.45) is 2.42. The summed E-state index contributed by atoms with van der Waals surface area (Å²) in [5.41, 5.74) is 1.72. The van der Waals surface area contributed by atoms with Gasteiger partial charge in [-0.15, -0.1) is 0 Å². The summed E-state index contributed by atoms with van der Waals surface area (Å²) in [5, 5.41) is 0. The summed E-state index contributed by atoms with van der Waals surface area (Å²) in [5.74, 6) is -0.180. The van der Waals surface area contributed by atoms with Gasteiger partial charge in [0, 0.05) is 7.11 Å². The van der Waals surface area contributed by atoms with Crippen LogP contribution in [-0.4, -0.2) is 41.8 Å². The number of sulfonamides is 1. The number of hydrogen-bond acceptors (Lipinski definition) is 6. The first kappa shape index (κ1) is 24.6. The molecule has 0 aromatic heterocycles. The fourth-order valence-corrected chi connectivity index (χ4v) is 4.32. The molecule has 0 bridgehead atoms. The van der Waals surface area contributed by atoms with Crippen molar-refractivity contribution in [2.75, 3.05) is 21.3 Å². The van der Waals surface area contributed by atoms with Gasteiger partial charge in [0.25, 0.3) is 0 Å². The van der Waals surface area contributed by atoms with E-state index < -0.39 is 28.1 Å². The van der Waals surface area contributed by atoms with Crippen LogP contribution in [0.1, 0.15) is 24.1 Å². The minimum Gasteiger partial charge on any atom is -0.497 e. The molecule has 2 aromatic carbocycles. The summed E-state index contributed by atoms with van der Waals surface area (Å²) < 4.78 is 43.9. The smallest absolute Gasteiger partial charge is 0.339 e. The number of carbonyl (C=O) groups excluding carboxylic acids is 1. The number of carbonyl (C=O) groups is 1. The molecule has 0 aliphatic carbocycles. The Morgan fingerprint density at radius 3 is 2.10 bits per heavy atom. The molecule has 0 saturated heterocycles. The van der Waals surface area contributed by atoms with Crippen LogP contribution in [0, 0.1) is 12.8 Å².